The number of Topliss-reactive ketones (excluding diaryl/α,β-unsaturated/α-hetero) is 1. The summed E-state index contributed by atoms with van der Waals surface area (Å²) in [4.78, 5) is 17.4. The van der Waals surface area contributed by atoms with Crippen LogP contribution in [0.1, 0.15) is 41.1 Å². The van der Waals surface area contributed by atoms with Crippen LogP contribution in [0.3, 0.4) is 0 Å². The van der Waals surface area contributed by atoms with Gasteiger partial charge in [0.25, 0.3) is 0 Å². The minimum Gasteiger partial charge on any atom is -0.364 e. The lowest BCUT2D eigenvalue weighted by molar-refractivity contribution is -0.129. The molecule has 5 rings (SSSR count). The van der Waals surface area contributed by atoms with E-state index in [9.17, 15) is 22.4 Å². The third-order valence-corrected chi connectivity index (χ3v) is 7.00. The highest BCUT2D eigenvalue weighted by molar-refractivity contribution is 5.95. The number of nitrogens with zero attached hydrogens (tertiary/aromatic N) is 3. The molecule has 8 heteroatoms. The Labute approximate surface area is 184 Å². The molecule has 3 heterocycles. The van der Waals surface area contributed by atoms with Gasteiger partial charge in [0, 0.05) is 50.1 Å². The molecule has 0 radical (unpaired) electrons. The molecule has 2 atom stereocenters. The van der Waals surface area contributed by atoms with Crippen LogP contribution in [0.2, 0.25) is 0 Å². The second-order valence-corrected chi connectivity index (χ2v) is 8.82. The average molecular weight is 447 g/mol. The van der Waals surface area contributed by atoms with Crippen LogP contribution < -0.4 is 9.80 Å². The Morgan fingerprint density at radius 2 is 1.81 bits per heavy atom. The quantitative estimate of drug-likeness (QED) is 0.374. The van der Waals surface area contributed by atoms with Gasteiger partial charge < -0.3 is 9.80 Å². The fraction of sp³-hybridized carbons (Fsp3) is 0.458. The molecule has 0 bridgehead atoms. The number of ketones is 1. The van der Waals surface area contributed by atoms with Gasteiger partial charge in [0.15, 0.2) is 5.78 Å². The maximum absolute atomic E-state index is 13.5. The largest absolute Gasteiger partial charge is 0.485 e. The minimum atomic E-state index is -4.38. The minimum absolute atomic E-state index is 0.0000450. The third kappa shape index (κ3) is 3.74. The summed E-state index contributed by atoms with van der Waals surface area (Å²) < 4.78 is 53.6. The number of rotatable bonds is 5. The highest BCUT2D eigenvalue weighted by Gasteiger charge is 2.49. The first kappa shape index (κ1) is 21.2. The van der Waals surface area contributed by atoms with Gasteiger partial charge in [-0.05, 0) is 55.3 Å². The standard InChI is InChI=1S/C24H25F4N3O/c25-17-8-6-16(7-9-17)22(32)5-2-11-29-12-10-20-19(15-29)18-3-1-4-21-23(18)30(20)13-14-31(21)24(26,27)28/h1,3-4,6-9,19-20H,2,5,10-15H2/t19-,20-/m0/s1. The summed E-state index contributed by atoms with van der Waals surface area (Å²) in [5, 5.41) is 0. The fourth-order valence-corrected chi connectivity index (χ4v) is 5.55. The van der Waals surface area contributed by atoms with Crippen molar-refractivity contribution < 1.29 is 22.4 Å². The monoisotopic (exact) mass is 447 g/mol. The van der Waals surface area contributed by atoms with Crippen molar-refractivity contribution in [1.29, 1.82) is 0 Å². The molecule has 1 fully saturated rings. The van der Waals surface area contributed by atoms with Crippen molar-refractivity contribution in [2.45, 2.75) is 37.5 Å². The summed E-state index contributed by atoms with van der Waals surface area (Å²) in [5.74, 6) is -0.180. The van der Waals surface area contributed by atoms with E-state index >= 15 is 0 Å². The van der Waals surface area contributed by atoms with Gasteiger partial charge in [0.2, 0.25) is 0 Å². The molecule has 2 aromatic rings. The number of likely N-dealkylation sites (tertiary alicyclic amines) is 1. The SMILES string of the molecule is O=C(CCCN1CC[C@H]2[C@@H](C1)c1cccc3c1N2CCN3C(F)(F)F)c1ccc(F)cc1. The van der Waals surface area contributed by atoms with Gasteiger partial charge >= 0.3 is 6.30 Å². The van der Waals surface area contributed by atoms with Crippen LogP contribution in [-0.2, 0) is 0 Å². The molecule has 1 saturated heterocycles. The van der Waals surface area contributed by atoms with Crippen LogP contribution in [0.4, 0.5) is 28.9 Å². The van der Waals surface area contributed by atoms with E-state index in [1.54, 1.807) is 12.1 Å². The van der Waals surface area contributed by atoms with Gasteiger partial charge in [-0.2, -0.15) is 13.2 Å². The van der Waals surface area contributed by atoms with Gasteiger partial charge in [-0.15, -0.1) is 0 Å². The average Bonchev–Trinajstić information content (AvgIpc) is 3.09. The molecule has 0 saturated carbocycles. The van der Waals surface area contributed by atoms with Crippen molar-refractivity contribution in [3.63, 3.8) is 0 Å². The summed E-state index contributed by atoms with van der Waals surface area (Å²) in [6.07, 6.45) is -2.38. The van der Waals surface area contributed by atoms with Gasteiger partial charge in [-0.1, -0.05) is 12.1 Å². The molecule has 0 unspecified atom stereocenters. The van der Waals surface area contributed by atoms with Crippen molar-refractivity contribution in [2.75, 3.05) is 42.5 Å². The number of carbonyl (C=O) groups excluding carboxylic acids is 1. The van der Waals surface area contributed by atoms with Gasteiger partial charge in [0.05, 0.1) is 11.4 Å². The predicted octanol–water partition coefficient (Wildman–Crippen LogP) is 4.81. The number of carbonyl (C=O) groups is 1. The van der Waals surface area contributed by atoms with E-state index in [4.69, 9.17) is 0 Å². The number of fused-ring (bicyclic) bond motifs is 3. The molecule has 2 aromatic carbocycles. The molecule has 0 aliphatic carbocycles. The van der Waals surface area contributed by atoms with Crippen LogP contribution in [-0.4, -0.2) is 55.7 Å². The molecule has 0 spiro atoms. The first-order chi connectivity index (χ1) is 15.3. The summed E-state index contributed by atoms with van der Waals surface area (Å²) in [5.41, 5.74) is 2.55. The summed E-state index contributed by atoms with van der Waals surface area (Å²) >= 11 is 0. The van der Waals surface area contributed by atoms with Gasteiger partial charge in [-0.3, -0.25) is 9.69 Å². The Bertz CT molecular complexity index is 1010. The summed E-state index contributed by atoms with van der Waals surface area (Å²) in [6.45, 7) is 2.76. The van der Waals surface area contributed by atoms with Crippen molar-refractivity contribution >= 4 is 17.2 Å². The fourth-order valence-electron chi connectivity index (χ4n) is 5.55. The Kier molecular flexibility index (Phi) is 5.35. The van der Waals surface area contributed by atoms with E-state index in [1.807, 2.05) is 6.07 Å². The van der Waals surface area contributed by atoms with E-state index in [0.717, 1.165) is 37.3 Å². The van der Waals surface area contributed by atoms with Crippen LogP contribution in [0.15, 0.2) is 42.5 Å². The van der Waals surface area contributed by atoms with Crippen molar-refractivity contribution in [1.82, 2.24) is 4.90 Å². The van der Waals surface area contributed by atoms with Crippen LogP contribution in [0.5, 0.6) is 0 Å². The van der Waals surface area contributed by atoms with Crippen molar-refractivity contribution in [3.05, 3.63) is 59.4 Å². The molecule has 3 aliphatic rings. The Balaban J connectivity index is 1.25. The topological polar surface area (TPSA) is 26.8 Å². The second kappa shape index (κ2) is 8.06. The molecular weight excluding hydrogens is 422 g/mol. The third-order valence-electron chi connectivity index (χ3n) is 7.00. The molecule has 170 valence electrons. The van der Waals surface area contributed by atoms with Crippen LogP contribution >= 0.6 is 0 Å². The lowest BCUT2D eigenvalue weighted by Crippen LogP contribution is -2.52. The maximum atomic E-state index is 13.5. The molecule has 3 aliphatic heterocycles. The zero-order chi connectivity index (χ0) is 22.5. The zero-order valence-corrected chi connectivity index (χ0v) is 17.6. The number of halogens is 4. The molecule has 0 amide bonds. The predicted molar refractivity (Wildman–Crippen MR) is 115 cm³/mol. The number of anilines is 2. The van der Waals surface area contributed by atoms with Gasteiger partial charge in [-0.25, -0.2) is 4.39 Å². The van der Waals surface area contributed by atoms with Crippen molar-refractivity contribution in [3.8, 4) is 0 Å². The first-order valence-corrected chi connectivity index (χ1v) is 11.1. The van der Waals surface area contributed by atoms with Crippen LogP contribution in [0.25, 0.3) is 0 Å². The Morgan fingerprint density at radius 3 is 2.56 bits per heavy atom. The Hall–Kier alpha value is -2.61. The van der Waals surface area contributed by atoms with E-state index in [1.165, 1.54) is 24.3 Å². The highest BCUT2D eigenvalue weighted by Crippen LogP contribution is 2.52. The summed E-state index contributed by atoms with van der Waals surface area (Å²) in [7, 11) is 0. The number of alkyl halides is 3. The lowest BCUT2D eigenvalue weighted by Gasteiger charge is -2.42. The van der Waals surface area contributed by atoms with E-state index in [2.05, 4.69) is 9.80 Å². The number of hydrogen-bond donors (Lipinski definition) is 0. The first-order valence-electron chi connectivity index (χ1n) is 11.1. The number of piperidine rings is 1. The molecule has 4 nitrogen and oxygen atoms in total. The zero-order valence-electron chi connectivity index (χ0n) is 17.6. The van der Waals surface area contributed by atoms with E-state index < -0.39 is 6.30 Å². The second-order valence-electron chi connectivity index (χ2n) is 8.82. The molecular formula is C24H25F4N3O. The summed E-state index contributed by atoms with van der Waals surface area (Å²) in [6, 6.07) is 11.1. The maximum Gasteiger partial charge on any atom is 0.485 e. The molecule has 0 N–H and O–H groups in total. The van der Waals surface area contributed by atoms with Crippen LogP contribution in [0, 0.1) is 5.82 Å². The molecule has 32 heavy (non-hydrogen) atoms. The normalized spacial score (nSPS) is 22.6. The highest BCUT2D eigenvalue weighted by atomic mass is 19.4. The Morgan fingerprint density at radius 1 is 1.03 bits per heavy atom. The number of benzene rings is 2. The lowest BCUT2D eigenvalue weighted by atomic mass is 9.89. The van der Waals surface area contributed by atoms with Crippen molar-refractivity contribution in [2.24, 2.45) is 0 Å². The van der Waals surface area contributed by atoms with E-state index in [-0.39, 0.29) is 35.8 Å². The van der Waals surface area contributed by atoms with E-state index in [0.29, 0.717) is 29.8 Å². The smallest absolute Gasteiger partial charge is 0.364 e. The number of para-hydroxylation sites is 1. The molecule has 0 aromatic heterocycles. The number of hydrogen-bond acceptors (Lipinski definition) is 4. The van der Waals surface area contributed by atoms with Gasteiger partial charge in [0.1, 0.15) is 5.82 Å².